The Balaban J connectivity index is 1.30. The summed E-state index contributed by atoms with van der Waals surface area (Å²) in [5, 5.41) is 14.3. The van der Waals surface area contributed by atoms with Crippen molar-refractivity contribution in [3.05, 3.63) is 108 Å². The van der Waals surface area contributed by atoms with Crippen molar-refractivity contribution in [2.75, 3.05) is 6.61 Å². The lowest BCUT2D eigenvalue weighted by Gasteiger charge is -2.19. The number of carboxylic acids is 1. The standard InChI is InChI=1S/C29H25NO4/c31-28(32)17-21(16-20-10-7-9-19-8-1-2-11-22(19)20)30-29(33)34-18-27-25-14-5-3-12-23(25)24-13-4-6-15-26(24)27/h1-15,21,27H,16-18H2,(H,30,33)(H,31,32)/t21-/m1/s1. The summed E-state index contributed by atoms with van der Waals surface area (Å²) in [6, 6.07) is 29.6. The highest BCUT2D eigenvalue weighted by Gasteiger charge is 2.29. The molecule has 0 fully saturated rings. The molecular formula is C29H25NO4. The van der Waals surface area contributed by atoms with E-state index in [1.54, 1.807) is 0 Å². The lowest BCUT2D eigenvalue weighted by atomic mass is 9.97. The van der Waals surface area contributed by atoms with Crippen molar-refractivity contribution in [1.29, 1.82) is 0 Å². The summed E-state index contributed by atoms with van der Waals surface area (Å²) in [5.74, 6) is -1.02. The maximum Gasteiger partial charge on any atom is 0.407 e. The van der Waals surface area contributed by atoms with Crippen LogP contribution in [0, 0.1) is 0 Å². The number of hydrogen-bond donors (Lipinski definition) is 2. The molecule has 0 bridgehead atoms. The van der Waals surface area contributed by atoms with Crippen LogP contribution in [0.1, 0.15) is 29.0 Å². The zero-order valence-corrected chi connectivity index (χ0v) is 18.6. The second-order valence-electron chi connectivity index (χ2n) is 8.61. The number of carbonyl (C=O) groups excluding carboxylic acids is 1. The smallest absolute Gasteiger partial charge is 0.407 e. The van der Waals surface area contributed by atoms with Gasteiger partial charge in [-0.25, -0.2) is 4.79 Å². The third-order valence-electron chi connectivity index (χ3n) is 6.43. The summed E-state index contributed by atoms with van der Waals surface area (Å²) < 4.78 is 5.63. The molecule has 0 heterocycles. The molecule has 0 saturated carbocycles. The molecule has 5 heteroatoms. The van der Waals surface area contributed by atoms with Crippen LogP contribution < -0.4 is 5.32 Å². The highest BCUT2D eigenvalue weighted by molar-refractivity contribution is 5.86. The minimum atomic E-state index is -0.968. The van der Waals surface area contributed by atoms with Gasteiger partial charge in [0.15, 0.2) is 0 Å². The van der Waals surface area contributed by atoms with E-state index in [0.29, 0.717) is 6.42 Å². The van der Waals surface area contributed by atoms with Crippen molar-refractivity contribution in [1.82, 2.24) is 5.32 Å². The van der Waals surface area contributed by atoms with Crippen LogP contribution in [0.3, 0.4) is 0 Å². The molecule has 1 atom stereocenters. The number of amides is 1. The van der Waals surface area contributed by atoms with Gasteiger partial charge in [-0.2, -0.15) is 0 Å². The normalized spacial score (nSPS) is 13.2. The van der Waals surface area contributed by atoms with E-state index >= 15 is 0 Å². The van der Waals surface area contributed by atoms with Crippen molar-refractivity contribution in [3.8, 4) is 11.1 Å². The highest BCUT2D eigenvalue weighted by atomic mass is 16.5. The van der Waals surface area contributed by atoms with Gasteiger partial charge < -0.3 is 15.2 Å². The lowest BCUT2D eigenvalue weighted by molar-refractivity contribution is -0.137. The van der Waals surface area contributed by atoms with Gasteiger partial charge in [0.25, 0.3) is 0 Å². The summed E-state index contributed by atoms with van der Waals surface area (Å²) in [6.07, 6.45) is -0.390. The van der Waals surface area contributed by atoms with Crippen LogP contribution in [-0.2, 0) is 16.0 Å². The first kappa shape index (κ1) is 21.7. The summed E-state index contributed by atoms with van der Waals surface area (Å²) in [6.45, 7) is 0.188. The highest BCUT2D eigenvalue weighted by Crippen LogP contribution is 2.44. The van der Waals surface area contributed by atoms with E-state index < -0.39 is 18.1 Å². The molecule has 0 aromatic heterocycles. The largest absolute Gasteiger partial charge is 0.481 e. The van der Waals surface area contributed by atoms with Gasteiger partial charge in [-0.3, -0.25) is 4.79 Å². The maximum atomic E-state index is 12.7. The molecule has 1 aliphatic rings. The minimum absolute atomic E-state index is 0.0471. The van der Waals surface area contributed by atoms with Gasteiger partial charge in [0.05, 0.1) is 6.42 Å². The van der Waals surface area contributed by atoms with Crippen molar-refractivity contribution in [2.45, 2.75) is 24.8 Å². The van der Waals surface area contributed by atoms with Crippen LogP contribution in [0.25, 0.3) is 21.9 Å². The van der Waals surface area contributed by atoms with Crippen molar-refractivity contribution >= 4 is 22.8 Å². The minimum Gasteiger partial charge on any atom is -0.481 e. The summed E-state index contributed by atoms with van der Waals surface area (Å²) in [4.78, 5) is 24.2. The van der Waals surface area contributed by atoms with Gasteiger partial charge in [-0.15, -0.1) is 0 Å². The summed E-state index contributed by atoms with van der Waals surface area (Å²) in [5.41, 5.74) is 5.57. The lowest BCUT2D eigenvalue weighted by Crippen LogP contribution is -2.39. The van der Waals surface area contributed by atoms with E-state index in [0.717, 1.165) is 38.6 Å². The fourth-order valence-corrected chi connectivity index (χ4v) is 4.93. The molecule has 0 saturated heterocycles. The van der Waals surface area contributed by atoms with Crippen LogP contribution in [0.5, 0.6) is 0 Å². The second-order valence-corrected chi connectivity index (χ2v) is 8.61. The molecule has 0 unspecified atom stereocenters. The number of carboxylic acid groups (broad SMARTS) is 1. The third kappa shape index (κ3) is 4.37. The Kier molecular flexibility index (Phi) is 6.00. The molecule has 170 valence electrons. The molecule has 34 heavy (non-hydrogen) atoms. The molecule has 0 radical (unpaired) electrons. The zero-order chi connectivity index (χ0) is 23.5. The van der Waals surface area contributed by atoms with Gasteiger partial charge in [-0.05, 0) is 45.0 Å². The number of aliphatic carboxylic acids is 1. The number of alkyl carbamates (subject to hydrolysis) is 1. The fourth-order valence-electron chi connectivity index (χ4n) is 4.93. The number of carbonyl (C=O) groups is 2. The molecule has 0 aliphatic heterocycles. The number of hydrogen-bond acceptors (Lipinski definition) is 3. The average Bonchev–Trinajstić information content (AvgIpc) is 3.16. The Morgan fingerprint density at radius 3 is 2.15 bits per heavy atom. The van der Waals surface area contributed by atoms with Crippen LogP contribution in [0.4, 0.5) is 4.79 Å². The average molecular weight is 452 g/mol. The predicted octanol–water partition coefficient (Wildman–Crippen LogP) is 5.76. The number of nitrogens with one attached hydrogen (secondary N) is 1. The van der Waals surface area contributed by atoms with Gasteiger partial charge >= 0.3 is 12.1 Å². The molecule has 5 nitrogen and oxygen atoms in total. The zero-order valence-electron chi connectivity index (χ0n) is 18.6. The predicted molar refractivity (Wildman–Crippen MR) is 132 cm³/mol. The van der Waals surface area contributed by atoms with Crippen LogP contribution >= 0.6 is 0 Å². The Morgan fingerprint density at radius 2 is 1.44 bits per heavy atom. The molecule has 5 rings (SSSR count). The molecule has 2 N–H and O–H groups in total. The third-order valence-corrected chi connectivity index (χ3v) is 6.43. The Bertz CT molecular complexity index is 1310. The van der Waals surface area contributed by atoms with Crippen LogP contribution in [0.15, 0.2) is 91.0 Å². The monoisotopic (exact) mass is 451 g/mol. The van der Waals surface area contributed by atoms with Crippen LogP contribution in [0.2, 0.25) is 0 Å². The van der Waals surface area contributed by atoms with E-state index in [-0.39, 0.29) is 18.9 Å². The SMILES string of the molecule is O=C(O)C[C@@H](Cc1cccc2ccccc12)NC(=O)OCC1c2ccccc2-c2ccccc21. The summed E-state index contributed by atoms with van der Waals surface area (Å²) >= 11 is 0. The number of rotatable bonds is 7. The molecule has 0 spiro atoms. The van der Waals surface area contributed by atoms with Crippen LogP contribution in [-0.4, -0.2) is 29.8 Å². The molecule has 1 amide bonds. The van der Waals surface area contributed by atoms with Gasteiger partial charge in [-0.1, -0.05) is 91.0 Å². The topological polar surface area (TPSA) is 75.6 Å². The van der Waals surface area contributed by atoms with E-state index in [1.165, 1.54) is 0 Å². The van der Waals surface area contributed by atoms with E-state index in [2.05, 4.69) is 29.6 Å². The van der Waals surface area contributed by atoms with Gasteiger partial charge in [0.2, 0.25) is 0 Å². The number of benzene rings is 4. The first-order valence-electron chi connectivity index (χ1n) is 11.4. The Labute approximate surface area is 198 Å². The molecule has 4 aromatic carbocycles. The Hall–Kier alpha value is -4.12. The Morgan fingerprint density at radius 1 is 0.824 bits per heavy atom. The van der Waals surface area contributed by atoms with Gasteiger partial charge in [0.1, 0.15) is 6.61 Å². The summed E-state index contributed by atoms with van der Waals surface area (Å²) in [7, 11) is 0. The van der Waals surface area contributed by atoms with E-state index in [9.17, 15) is 14.7 Å². The second kappa shape index (κ2) is 9.40. The van der Waals surface area contributed by atoms with Crippen molar-refractivity contribution in [3.63, 3.8) is 0 Å². The van der Waals surface area contributed by atoms with E-state index in [4.69, 9.17) is 4.74 Å². The quantitative estimate of drug-likeness (QED) is 0.374. The number of ether oxygens (including phenoxy) is 1. The van der Waals surface area contributed by atoms with Crippen molar-refractivity contribution < 1.29 is 19.4 Å². The molecular weight excluding hydrogens is 426 g/mol. The first-order valence-corrected chi connectivity index (χ1v) is 11.4. The fraction of sp³-hybridized carbons (Fsp3) is 0.172. The molecule has 4 aromatic rings. The first-order chi connectivity index (χ1) is 16.6. The number of fused-ring (bicyclic) bond motifs is 4. The molecule has 1 aliphatic carbocycles. The van der Waals surface area contributed by atoms with E-state index in [1.807, 2.05) is 66.7 Å². The van der Waals surface area contributed by atoms with Gasteiger partial charge in [0, 0.05) is 12.0 Å². The maximum absolute atomic E-state index is 12.7. The van der Waals surface area contributed by atoms with Crippen molar-refractivity contribution in [2.24, 2.45) is 0 Å².